The molecule has 0 aliphatic carbocycles. The van der Waals surface area contributed by atoms with Gasteiger partial charge in [-0.2, -0.15) is 0 Å². The molecule has 2 amide bonds. The Balaban J connectivity index is 1.41. The average molecular weight is 345 g/mol. The van der Waals surface area contributed by atoms with Gasteiger partial charge >= 0.3 is 6.03 Å². The first kappa shape index (κ1) is 18.2. The molecule has 0 bridgehead atoms. The summed E-state index contributed by atoms with van der Waals surface area (Å²) in [6.07, 6.45) is 3.45. The van der Waals surface area contributed by atoms with Gasteiger partial charge in [-0.1, -0.05) is 30.3 Å². The Hall–Kier alpha value is -1.59. The van der Waals surface area contributed by atoms with Crippen LogP contribution in [0.4, 0.5) is 4.79 Å². The number of nitrogens with one attached hydrogen (secondary N) is 1. The molecule has 2 aliphatic heterocycles. The number of benzene rings is 1. The standard InChI is InChI=1S/C20H31N3O2/c1-17-14-19(8-13-25-17)15-21-20(24)23-10-5-9-22(11-12-23)16-18-6-3-2-4-7-18/h2-4,6-7,17,19H,5,8-16H2,1H3,(H,21,24). The predicted octanol–water partition coefficient (Wildman–Crippen LogP) is 2.72. The molecule has 25 heavy (non-hydrogen) atoms. The lowest BCUT2D eigenvalue weighted by molar-refractivity contribution is 0.00324. The van der Waals surface area contributed by atoms with Crippen LogP contribution in [0, 0.1) is 5.92 Å². The van der Waals surface area contributed by atoms with Gasteiger partial charge in [0.05, 0.1) is 6.10 Å². The van der Waals surface area contributed by atoms with Gasteiger partial charge in [0.25, 0.3) is 0 Å². The van der Waals surface area contributed by atoms with E-state index in [4.69, 9.17) is 4.74 Å². The quantitative estimate of drug-likeness (QED) is 0.913. The molecule has 0 spiro atoms. The van der Waals surface area contributed by atoms with E-state index in [1.807, 2.05) is 4.90 Å². The van der Waals surface area contributed by atoms with Gasteiger partial charge in [-0.05, 0) is 37.7 Å². The van der Waals surface area contributed by atoms with E-state index in [-0.39, 0.29) is 6.03 Å². The van der Waals surface area contributed by atoms with Crippen molar-refractivity contribution in [3.63, 3.8) is 0 Å². The Labute approximate surface area is 151 Å². The highest BCUT2D eigenvalue weighted by Gasteiger charge is 2.22. The van der Waals surface area contributed by atoms with Crippen molar-refractivity contribution in [1.29, 1.82) is 0 Å². The zero-order valence-electron chi connectivity index (χ0n) is 15.3. The molecule has 2 unspecified atom stereocenters. The van der Waals surface area contributed by atoms with E-state index in [1.165, 1.54) is 5.56 Å². The van der Waals surface area contributed by atoms with Crippen molar-refractivity contribution in [2.75, 3.05) is 39.3 Å². The van der Waals surface area contributed by atoms with Crippen LogP contribution >= 0.6 is 0 Å². The SMILES string of the molecule is CC1CC(CNC(=O)N2CCCN(Cc3ccccc3)CC2)CCO1. The third-order valence-electron chi connectivity index (χ3n) is 5.26. The van der Waals surface area contributed by atoms with Gasteiger partial charge in [0.15, 0.2) is 0 Å². The maximum Gasteiger partial charge on any atom is 0.317 e. The van der Waals surface area contributed by atoms with E-state index in [2.05, 4.69) is 47.5 Å². The summed E-state index contributed by atoms with van der Waals surface area (Å²) < 4.78 is 5.58. The molecule has 138 valence electrons. The third-order valence-corrected chi connectivity index (χ3v) is 5.26. The number of urea groups is 1. The molecule has 3 rings (SSSR count). The number of carbonyl (C=O) groups excluding carboxylic acids is 1. The Morgan fingerprint density at radius 1 is 1.20 bits per heavy atom. The zero-order valence-corrected chi connectivity index (χ0v) is 15.3. The minimum absolute atomic E-state index is 0.0979. The van der Waals surface area contributed by atoms with Crippen LogP contribution in [0.15, 0.2) is 30.3 Å². The van der Waals surface area contributed by atoms with Crippen LogP contribution in [0.1, 0.15) is 31.7 Å². The van der Waals surface area contributed by atoms with Crippen LogP contribution in [0.2, 0.25) is 0 Å². The average Bonchev–Trinajstić information content (AvgIpc) is 2.86. The fraction of sp³-hybridized carbons (Fsp3) is 0.650. The monoisotopic (exact) mass is 345 g/mol. The lowest BCUT2D eigenvalue weighted by Crippen LogP contribution is -2.44. The summed E-state index contributed by atoms with van der Waals surface area (Å²) in [6, 6.07) is 10.7. The van der Waals surface area contributed by atoms with E-state index in [9.17, 15) is 4.79 Å². The van der Waals surface area contributed by atoms with Crippen LogP contribution < -0.4 is 5.32 Å². The van der Waals surface area contributed by atoms with Gasteiger partial charge in [0, 0.05) is 45.9 Å². The lowest BCUT2D eigenvalue weighted by Gasteiger charge is -2.28. The Kier molecular flexibility index (Phi) is 6.70. The van der Waals surface area contributed by atoms with E-state index < -0.39 is 0 Å². The maximum atomic E-state index is 12.5. The zero-order chi connectivity index (χ0) is 17.5. The second-order valence-electron chi connectivity index (χ2n) is 7.36. The number of amides is 2. The molecule has 0 saturated carbocycles. The molecule has 5 heteroatoms. The van der Waals surface area contributed by atoms with Crippen molar-refractivity contribution >= 4 is 6.03 Å². The normalized spacial score (nSPS) is 25.4. The summed E-state index contributed by atoms with van der Waals surface area (Å²) in [4.78, 5) is 16.9. The second-order valence-corrected chi connectivity index (χ2v) is 7.36. The molecular weight excluding hydrogens is 314 g/mol. The van der Waals surface area contributed by atoms with Gasteiger partial charge in [-0.3, -0.25) is 4.90 Å². The van der Waals surface area contributed by atoms with E-state index >= 15 is 0 Å². The predicted molar refractivity (Wildman–Crippen MR) is 99.4 cm³/mol. The molecule has 2 heterocycles. The Bertz CT molecular complexity index is 537. The minimum atomic E-state index is 0.0979. The smallest absolute Gasteiger partial charge is 0.317 e. The summed E-state index contributed by atoms with van der Waals surface area (Å²) >= 11 is 0. The second kappa shape index (κ2) is 9.20. The van der Waals surface area contributed by atoms with Crippen LogP contribution in [0.5, 0.6) is 0 Å². The van der Waals surface area contributed by atoms with Crippen molar-refractivity contribution in [3.8, 4) is 0 Å². The highest BCUT2D eigenvalue weighted by molar-refractivity contribution is 5.74. The number of hydrogen-bond donors (Lipinski definition) is 1. The Morgan fingerprint density at radius 3 is 2.84 bits per heavy atom. The molecule has 2 fully saturated rings. The van der Waals surface area contributed by atoms with Crippen molar-refractivity contribution in [3.05, 3.63) is 35.9 Å². The topological polar surface area (TPSA) is 44.8 Å². The summed E-state index contributed by atoms with van der Waals surface area (Å²) in [5, 5.41) is 3.15. The number of ether oxygens (including phenoxy) is 1. The van der Waals surface area contributed by atoms with E-state index in [1.54, 1.807) is 0 Å². The van der Waals surface area contributed by atoms with E-state index in [0.717, 1.165) is 65.1 Å². The van der Waals surface area contributed by atoms with Gasteiger partial charge < -0.3 is 15.0 Å². The summed E-state index contributed by atoms with van der Waals surface area (Å²) in [7, 11) is 0. The lowest BCUT2D eigenvalue weighted by atomic mass is 9.96. The maximum absolute atomic E-state index is 12.5. The van der Waals surface area contributed by atoms with Gasteiger partial charge in [0.2, 0.25) is 0 Å². The van der Waals surface area contributed by atoms with E-state index in [0.29, 0.717) is 12.0 Å². The fourth-order valence-electron chi connectivity index (χ4n) is 3.79. The first-order chi connectivity index (χ1) is 12.2. The number of nitrogens with zero attached hydrogens (tertiary/aromatic N) is 2. The van der Waals surface area contributed by atoms with Crippen molar-refractivity contribution in [2.24, 2.45) is 5.92 Å². The largest absolute Gasteiger partial charge is 0.378 e. The molecule has 2 atom stereocenters. The molecule has 2 saturated heterocycles. The molecule has 0 radical (unpaired) electrons. The van der Waals surface area contributed by atoms with Gasteiger partial charge in [-0.25, -0.2) is 4.79 Å². The van der Waals surface area contributed by atoms with Crippen molar-refractivity contribution in [2.45, 2.75) is 38.8 Å². The minimum Gasteiger partial charge on any atom is -0.378 e. The van der Waals surface area contributed by atoms with Crippen LogP contribution in [0.3, 0.4) is 0 Å². The van der Waals surface area contributed by atoms with Gasteiger partial charge in [-0.15, -0.1) is 0 Å². The van der Waals surface area contributed by atoms with Crippen LogP contribution in [-0.2, 0) is 11.3 Å². The number of carbonyl (C=O) groups is 1. The highest BCUT2D eigenvalue weighted by atomic mass is 16.5. The molecule has 1 aromatic rings. The van der Waals surface area contributed by atoms with Crippen LogP contribution in [-0.4, -0.2) is 61.3 Å². The van der Waals surface area contributed by atoms with Gasteiger partial charge in [0.1, 0.15) is 0 Å². The molecule has 1 N–H and O–H groups in total. The third kappa shape index (κ3) is 5.72. The highest BCUT2D eigenvalue weighted by Crippen LogP contribution is 2.19. The van der Waals surface area contributed by atoms with Crippen molar-refractivity contribution in [1.82, 2.24) is 15.1 Å². The Morgan fingerprint density at radius 2 is 2.04 bits per heavy atom. The number of rotatable bonds is 4. The summed E-state index contributed by atoms with van der Waals surface area (Å²) in [5.74, 6) is 0.550. The van der Waals surface area contributed by atoms with Crippen molar-refractivity contribution < 1.29 is 9.53 Å². The molecule has 1 aromatic carbocycles. The first-order valence-corrected chi connectivity index (χ1v) is 9.61. The first-order valence-electron chi connectivity index (χ1n) is 9.61. The molecule has 2 aliphatic rings. The summed E-state index contributed by atoms with van der Waals surface area (Å²) in [6.45, 7) is 8.33. The molecule has 5 nitrogen and oxygen atoms in total. The fourth-order valence-corrected chi connectivity index (χ4v) is 3.79. The number of hydrogen-bond acceptors (Lipinski definition) is 3. The van der Waals surface area contributed by atoms with Crippen LogP contribution in [0.25, 0.3) is 0 Å². The molecule has 0 aromatic heterocycles. The molecular formula is C20H31N3O2. The summed E-state index contributed by atoms with van der Waals surface area (Å²) in [5.41, 5.74) is 1.34.